The standard InChI is InChI=1S/C22H34F2N4O3.HI/c1-4-17(28-14-8-11-19(28)29)12-13-26-22(25-5-2)27-15-16-9-7-10-18(30-6-3)20(16)31-21(23)24;/h7,9-10,17,21H,4-6,8,11-15H2,1-3H3,(H2,25,26,27);1H. The van der Waals surface area contributed by atoms with Crippen molar-refractivity contribution in [2.75, 3.05) is 26.2 Å². The number of nitrogens with one attached hydrogen (secondary N) is 2. The molecule has 0 saturated carbocycles. The average molecular weight is 568 g/mol. The van der Waals surface area contributed by atoms with Crippen LogP contribution in [0, 0.1) is 0 Å². The zero-order valence-corrected chi connectivity index (χ0v) is 21.4. The van der Waals surface area contributed by atoms with Gasteiger partial charge in [-0.15, -0.1) is 24.0 Å². The number of nitrogens with zero attached hydrogens (tertiary/aromatic N) is 2. The fourth-order valence-electron chi connectivity index (χ4n) is 3.68. The third-order valence-electron chi connectivity index (χ3n) is 5.11. The predicted molar refractivity (Wildman–Crippen MR) is 132 cm³/mol. The van der Waals surface area contributed by atoms with E-state index in [1.807, 2.05) is 11.8 Å². The molecule has 10 heteroatoms. The summed E-state index contributed by atoms with van der Waals surface area (Å²) in [5.41, 5.74) is 0.512. The zero-order valence-electron chi connectivity index (χ0n) is 19.0. The third-order valence-corrected chi connectivity index (χ3v) is 5.11. The topological polar surface area (TPSA) is 75.2 Å². The van der Waals surface area contributed by atoms with E-state index in [2.05, 4.69) is 22.5 Å². The Bertz CT molecular complexity index is 737. The number of alkyl halides is 2. The van der Waals surface area contributed by atoms with Gasteiger partial charge in [-0.3, -0.25) is 4.79 Å². The van der Waals surface area contributed by atoms with E-state index in [1.165, 1.54) is 0 Å². The van der Waals surface area contributed by atoms with Gasteiger partial charge in [0.05, 0.1) is 13.2 Å². The molecule has 1 aromatic carbocycles. The lowest BCUT2D eigenvalue weighted by atomic mass is 10.1. The highest BCUT2D eigenvalue weighted by Crippen LogP contribution is 2.33. The highest BCUT2D eigenvalue weighted by Gasteiger charge is 2.26. The number of hydrogen-bond acceptors (Lipinski definition) is 4. The van der Waals surface area contributed by atoms with Crippen molar-refractivity contribution in [1.82, 2.24) is 15.5 Å². The van der Waals surface area contributed by atoms with Crippen LogP contribution < -0.4 is 20.1 Å². The maximum atomic E-state index is 12.9. The molecule has 1 fully saturated rings. The number of aliphatic imine (C=N–C) groups is 1. The summed E-state index contributed by atoms with van der Waals surface area (Å²) in [5.74, 6) is 1.09. The lowest BCUT2D eigenvalue weighted by Crippen LogP contribution is -2.42. The van der Waals surface area contributed by atoms with E-state index >= 15 is 0 Å². The molecule has 1 unspecified atom stereocenters. The number of likely N-dealkylation sites (tertiary alicyclic amines) is 1. The molecule has 0 radical (unpaired) electrons. The number of halogens is 3. The van der Waals surface area contributed by atoms with E-state index in [0.29, 0.717) is 37.6 Å². The summed E-state index contributed by atoms with van der Waals surface area (Å²) in [6.45, 7) is 5.50. The van der Waals surface area contributed by atoms with Crippen molar-refractivity contribution < 1.29 is 23.0 Å². The summed E-state index contributed by atoms with van der Waals surface area (Å²) >= 11 is 0. The van der Waals surface area contributed by atoms with Crippen molar-refractivity contribution in [3.05, 3.63) is 23.8 Å². The van der Waals surface area contributed by atoms with E-state index in [-0.39, 0.29) is 54.0 Å². The van der Waals surface area contributed by atoms with Gasteiger partial charge >= 0.3 is 6.61 Å². The van der Waals surface area contributed by atoms with E-state index in [0.717, 1.165) is 25.8 Å². The second-order valence-corrected chi connectivity index (χ2v) is 7.22. The first kappa shape index (κ1) is 28.2. The van der Waals surface area contributed by atoms with Crippen LogP contribution in [-0.4, -0.2) is 55.7 Å². The van der Waals surface area contributed by atoms with Gasteiger partial charge in [0.2, 0.25) is 5.91 Å². The van der Waals surface area contributed by atoms with E-state index in [1.54, 1.807) is 25.1 Å². The molecule has 0 bridgehead atoms. The van der Waals surface area contributed by atoms with Crippen molar-refractivity contribution in [2.45, 2.75) is 65.7 Å². The van der Waals surface area contributed by atoms with Crippen LogP contribution in [0.5, 0.6) is 11.5 Å². The van der Waals surface area contributed by atoms with Crippen LogP contribution in [-0.2, 0) is 11.3 Å². The Kier molecular flexibility index (Phi) is 13.3. The monoisotopic (exact) mass is 568 g/mol. The molecule has 2 N–H and O–H groups in total. The fraction of sp³-hybridized carbons (Fsp3) is 0.636. The first-order chi connectivity index (χ1) is 15.0. The predicted octanol–water partition coefficient (Wildman–Crippen LogP) is 4.15. The minimum atomic E-state index is -2.95. The molecule has 1 aliphatic heterocycles. The first-order valence-corrected chi connectivity index (χ1v) is 11.0. The molecule has 2 rings (SSSR count). The van der Waals surface area contributed by atoms with Gasteiger partial charge in [-0.1, -0.05) is 19.1 Å². The normalized spacial score (nSPS) is 14.9. The summed E-state index contributed by atoms with van der Waals surface area (Å²) in [4.78, 5) is 18.5. The molecule has 182 valence electrons. The lowest BCUT2D eigenvalue weighted by molar-refractivity contribution is -0.129. The van der Waals surface area contributed by atoms with Gasteiger partial charge in [0.25, 0.3) is 0 Å². The number of carbonyl (C=O) groups excluding carboxylic acids is 1. The van der Waals surface area contributed by atoms with Gasteiger partial charge in [0.15, 0.2) is 17.5 Å². The molecule has 1 aromatic rings. The highest BCUT2D eigenvalue weighted by atomic mass is 127. The summed E-state index contributed by atoms with van der Waals surface area (Å²) in [7, 11) is 0. The number of benzene rings is 1. The molecule has 32 heavy (non-hydrogen) atoms. The number of hydrogen-bond donors (Lipinski definition) is 2. The van der Waals surface area contributed by atoms with Crippen LogP contribution in [0.1, 0.15) is 52.0 Å². The molecular weight excluding hydrogens is 533 g/mol. The SMILES string of the molecule is CCNC(=NCc1cccc(OCC)c1OC(F)F)NCCC(CC)N1CCCC1=O.I. The Morgan fingerprint density at radius 2 is 2.03 bits per heavy atom. The van der Waals surface area contributed by atoms with Gasteiger partial charge in [-0.2, -0.15) is 8.78 Å². The van der Waals surface area contributed by atoms with E-state index < -0.39 is 6.61 Å². The number of guanidine groups is 1. The molecule has 7 nitrogen and oxygen atoms in total. The minimum absolute atomic E-state index is 0. The van der Waals surface area contributed by atoms with Gasteiger partial charge in [-0.25, -0.2) is 4.99 Å². The van der Waals surface area contributed by atoms with Crippen LogP contribution in [0.25, 0.3) is 0 Å². The maximum Gasteiger partial charge on any atom is 0.387 e. The Labute approximate surface area is 206 Å². The molecule has 1 heterocycles. The Morgan fingerprint density at radius 3 is 2.62 bits per heavy atom. The maximum absolute atomic E-state index is 12.9. The van der Waals surface area contributed by atoms with Crippen molar-refractivity contribution in [3.63, 3.8) is 0 Å². The highest BCUT2D eigenvalue weighted by molar-refractivity contribution is 14.0. The van der Waals surface area contributed by atoms with E-state index in [9.17, 15) is 13.6 Å². The summed E-state index contributed by atoms with van der Waals surface area (Å²) < 4.78 is 35.9. The van der Waals surface area contributed by atoms with Crippen molar-refractivity contribution in [3.8, 4) is 11.5 Å². The number of rotatable bonds is 12. The molecular formula is C22H35F2IN4O3. The van der Waals surface area contributed by atoms with Gasteiger partial charge in [-0.05, 0) is 39.2 Å². The average Bonchev–Trinajstić information content (AvgIpc) is 3.16. The van der Waals surface area contributed by atoms with Crippen LogP contribution in [0.15, 0.2) is 23.2 Å². The lowest BCUT2D eigenvalue weighted by Gasteiger charge is -2.27. The van der Waals surface area contributed by atoms with Crippen LogP contribution in [0.2, 0.25) is 0 Å². The molecule has 1 amide bonds. The minimum Gasteiger partial charge on any atom is -0.490 e. The van der Waals surface area contributed by atoms with Gasteiger partial charge in [0.1, 0.15) is 0 Å². The Hall–Kier alpha value is -1.85. The molecule has 0 aliphatic carbocycles. The number of amides is 1. The zero-order chi connectivity index (χ0) is 22.6. The Balaban J connectivity index is 0.00000512. The van der Waals surface area contributed by atoms with Crippen molar-refractivity contribution in [2.24, 2.45) is 4.99 Å². The first-order valence-electron chi connectivity index (χ1n) is 11.0. The molecule has 1 aliphatic rings. The van der Waals surface area contributed by atoms with Crippen LogP contribution in [0.4, 0.5) is 8.78 Å². The summed E-state index contributed by atoms with van der Waals surface area (Å²) in [6, 6.07) is 5.23. The summed E-state index contributed by atoms with van der Waals surface area (Å²) in [5, 5.41) is 6.44. The Morgan fingerprint density at radius 1 is 1.25 bits per heavy atom. The van der Waals surface area contributed by atoms with Crippen molar-refractivity contribution in [1.29, 1.82) is 0 Å². The van der Waals surface area contributed by atoms with E-state index in [4.69, 9.17) is 9.47 Å². The summed E-state index contributed by atoms with van der Waals surface area (Å²) in [6.07, 6.45) is 3.28. The second kappa shape index (κ2) is 15.1. The number of para-hydroxylation sites is 1. The molecule has 1 saturated heterocycles. The third kappa shape index (κ3) is 8.59. The molecule has 0 aromatic heterocycles. The van der Waals surface area contributed by atoms with Gasteiger partial charge in [0, 0.05) is 37.7 Å². The number of carbonyl (C=O) groups is 1. The molecule has 1 atom stereocenters. The number of ether oxygens (including phenoxy) is 2. The second-order valence-electron chi connectivity index (χ2n) is 7.22. The van der Waals surface area contributed by atoms with Gasteiger partial charge < -0.3 is 25.0 Å². The quantitative estimate of drug-likeness (QED) is 0.225. The molecule has 0 spiro atoms. The fourth-order valence-corrected chi connectivity index (χ4v) is 3.68. The largest absolute Gasteiger partial charge is 0.490 e. The van der Waals surface area contributed by atoms with Crippen LogP contribution >= 0.6 is 24.0 Å². The van der Waals surface area contributed by atoms with Crippen LogP contribution in [0.3, 0.4) is 0 Å². The smallest absolute Gasteiger partial charge is 0.387 e. The van der Waals surface area contributed by atoms with Crippen molar-refractivity contribution >= 4 is 35.8 Å².